The lowest BCUT2D eigenvalue weighted by molar-refractivity contribution is -0.0955. The van der Waals surface area contributed by atoms with Gasteiger partial charge in [0, 0.05) is 0 Å². The predicted octanol–water partition coefficient (Wildman–Crippen LogP) is -0.993. The van der Waals surface area contributed by atoms with E-state index in [1.54, 1.807) is 0 Å². The third-order valence-electron chi connectivity index (χ3n) is 3.15. The molecular weight excluding hydrogens is 343 g/mol. The summed E-state index contributed by atoms with van der Waals surface area (Å²) >= 11 is 0. The van der Waals surface area contributed by atoms with Gasteiger partial charge in [-0.1, -0.05) is 0 Å². The number of hydrogen-bond donors (Lipinski definition) is 6. The van der Waals surface area contributed by atoms with Crippen LogP contribution >= 0.6 is 7.60 Å². The van der Waals surface area contributed by atoms with Gasteiger partial charge in [0.2, 0.25) is 0 Å². The Kier molecular flexibility index (Phi) is 7.17. The molecule has 0 aliphatic carbocycles. The van der Waals surface area contributed by atoms with Crippen LogP contribution in [0.15, 0.2) is 12.7 Å². The Hall–Kier alpha value is -1.66. The van der Waals surface area contributed by atoms with Crippen LogP contribution < -0.4 is 11.9 Å². The van der Waals surface area contributed by atoms with Crippen LogP contribution in [0.3, 0.4) is 0 Å². The average molecular weight is 364 g/mol. The van der Waals surface area contributed by atoms with Gasteiger partial charge < -0.3 is 36.6 Å². The first-order valence-electron chi connectivity index (χ1n) is 6.70. The second-order valence-electron chi connectivity index (χ2n) is 4.84. The van der Waals surface area contributed by atoms with Crippen LogP contribution in [-0.4, -0.2) is 65.0 Å². The molecule has 0 radical (unpaired) electrons. The average Bonchev–Trinajstić information content (AvgIpc) is 2.92. The first-order valence-corrected chi connectivity index (χ1v) is 8.50. The lowest BCUT2D eigenvalue weighted by Gasteiger charge is -2.23. The number of nitrogen functional groups attached to an aromatic ring is 1. The standard InChI is InChI=1S/C11H18N5O6P.H3N/c12-10-9-11(14-5-13-10)16(6-15-9)8(4-18)22-7(3-17)1-2-23(19,20)21;/h5-8,17-18H,1-4H2,(H2,12,13,14)(H2,19,20,21);1H3. The maximum atomic E-state index is 10.9. The topological polar surface area (TPSA) is 212 Å². The van der Waals surface area contributed by atoms with Crippen LogP contribution in [0.1, 0.15) is 12.6 Å². The number of nitrogens with two attached hydrogens (primary N) is 1. The second kappa shape index (κ2) is 8.44. The van der Waals surface area contributed by atoms with Crippen molar-refractivity contribution in [1.82, 2.24) is 25.7 Å². The van der Waals surface area contributed by atoms with Crippen LogP contribution in [0.5, 0.6) is 0 Å². The van der Waals surface area contributed by atoms with Gasteiger partial charge in [-0.3, -0.25) is 9.13 Å². The van der Waals surface area contributed by atoms with Gasteiger partial charge in [0.05, 0.1) is 31.8 Å². The molecule has 0 saturated heterocycles. The largest absolute Gasteiger partial charge is 0.394 e. The highest BCUT2D eigenvalue weighted by molar-refractivity contribution is 7.51. The van der Waals surface area contributed by atoms with Gasteiger partial charge in [0.15, 0.2) is 17.7 Å². The molecule has 0 amide bonds. The van der Waals surface area contributed by atoms with Crippen molar-refractivity contribution < 1.29 is 29.3 Å². The summed E-state index contributed by atoms with van der Waals surface area (Å²) in [6, 6.07) is 0. The molecule has 2 atom stereocenters. The summed E-state index contributed by atoms with van der Waals surface area (Å²) in [6.45, 7) is -0.915. The molecule has 24 heavy (non-hydrogen) atoms. The number of aliphatic hydroxyl groups excluding tert-OH is 2. The zero-order valence-electron chi connectivity index (χ0n) is 12.8. The first-order chi connectivity index (χ1) is 10.9. The van der Waals surface area contributed by atoms with Crippen molar-refractivity contribution >= 4 is 24.6 Å². The van der Waals surface area contributed by atoms with Crippen molar-refractivity contribution in [3.05, 3.63) is 12.7 Å². The van der Waals surface area contributed by atoms with Crippen LogP contribution in [0.25, 0.3) is 11.2 Å². The molecule has 2 heterocycles. The Morgan fingerprint density at radius 3 is 2.54 bits per heavy atom. The number of nitrogens with zero attached hydrogens (tertiary/aromatic N) is 4. The molecule has 2 rings (SSSR count). The van der Waals surface area contributed by atoms with E-state index >= 15 is 0 Å². The number of hydrogen-bond acceptors (Lipinski definition) is 9. The van der Waals surface area contributed by atoms with Crippen LogP contribution in [0, 0.1) is 0 Å². The number of ether oxygens (including phenoxy) is 1. The smallest absolute Gasteiger partial charge is 0.325 e. The van der Waals surface area contributed by atoms with Gasteiger partial charge in [-0.2, -0.15) is 0 Å². The SMILES string of the molecule is N.Nc1ncnc2c1ncn2C(CO)OC(CO)CCP(=O)(O)O. The molecule has 9 N–H and O–H groups in total. The Balaban J connectivity index is 0.00000288. The number of imidazole rings is 1. The highest BCUT2D eigenvalue weighted by Crippen LogP contribution is 2.36. The Labute approximate surface area is 137 Å². The third-order valence-corrected chi connectivity index (χ3v) is 3.99. The molecule has 0 saturated carbocycles. The van der Waals surface area contributed by atoms with Crippen LogP contribution in [0.2, 0.25) is 0 Å². The lowest BCUT2D eigenvalue weighted by Crippen LogP contribution is -2.27. The maximum Gasteiger partial charge on any atom is 0.325 e. The maximum absolute atomic E-state index is 10.9. The molecule has 0 spiro atoms. The lowest BCUT2D eigenvalue weighted by atomic mass is 10.3. The molecule has 2 aromatic heterocycles. The Bertz CT molecular complexity index is 705. The zero-order valence-corrected chi connectivity index (χ0v) is 13.7. The van der Waals surface area contributed by atoms with E-state index < -0.39 is 39.3 Å². The Morgan fingerprint density at radius 2 is 1.96 bits per heavy atom. The van der Waals surface area contributed by atoms with Crippen molar-refractivity contribution in [2.24, 2.45) is 0 Å². The Morgan fingerprint density at radius 1 is 1.25 bits per heavy atom. The zero-order chi connectivity index (χ0) is 17.0. The van der Waals surface area contributed by atoms with Crippen molar-refractivity contribution in [2.75, 3.05) is 25.1 Å². The normalized spacial score (nSPS) is 14.3. The second-order valence-corrected chi connectivity index (χ2v) is 6.61. The van der Waals surface area contributed by atoms with Gasteiger partial charge >= 0.3 is 7.60 Å². The van der Waals surface area contributed by atoms with Crippen LogP contribution in [0.4, 0.5) is 5.82 Å². The molecule has 2 aromatic rings. The number of anilines is 1. The van der Waals surface area contributed by atoms with Crippen molar-refractivity contribution in [2.45, 2.75) is 18.8 Å². The van der Waals surface area contributed by atoms with E-state index in [0.29, 0.717) is 11.2 Å². The summed E-state index contributed by atoms with van der Waals surface area (Å²) in [5.41, 5.74) is 6.35. The van der Waals surface area contributed by atoms with E-state index in [4.69, 9.17) is 20.3 Å². The van der Waals surface area contributed by atoms with E-state index in [1.165, 1.54) is 17.2 Å². The molecule has 12 nitrogen and oxygen atoms in total. The molecular formula is C11H21N6O6P. The summed E-state index contributed by atoms with van der Waals surface area (Å²) in [6.07, 6.45) is 0.284. The number of fused-ring (bicyclic) bond motifs is 1. The summed E-state index contributed by atoms with van der Waals surface area (Å²) in [5.74, 6) is 0.172. The minimum Gasteiger partial charge on any atom is -0.394 e. The van der Waals surface area contributed by atoms with Gasteiger partial charge in [0.25, 0.3) is 0 Å². The van der Waals surface area contributed by atoms with Gasteiger partial charge in [-0.05, 0) is 6.42 Å². The molecule has 0 aliphatic rings. The molecule has 0 aliphatic heterocycles. The number of rotatable bonds is 8. The van der Waals surface area contributed by atoms with E-state index in [1.807, 2.05) is 0 Å². The monoisotopic (exact) mass is 364 g/mol. The fraction of sp³-hybridized carbons (Fsp3) is 0.545. The molecule has 136 valence electrons. The van der Waals surface area contributed by atoms with Crippen molar-refractivity contribution in [3.8, 4) is 0 Å². The fourth-order valence-electron chi connectivity index (χ4n) is 2.01. The quantitative estimate of drug-likeness (QED) is 0.313. The number of aliphatic hydroxyl groups is 2. The minimum atomic E-state index is -4.20. The van der Waals surface area contributed by atoms with E-state index in [0.717, 1.165) is 0 Å². The summed E-state index contributed by atoms with van der Waals surface area (Å²) in [4.78, 5) is 29.6. The van der Waals surface area contributed by atoms with Gasteiger partial charge in [-0.15, -0.1) is 0 Å². The van der Waals surface area contributed by atoms with Crippen LogP contribution in [-0.2, 0) is 9.30 Å². The first kappa shape index (κ1) is 20.4. The van der Waals surface area contributed by atoms with Crippen molar-refractivity contribution in [1.29, 1.82) is 0 Å². The predicted molar refractivity (Wildman–Crippen MR) is 84.4 cm³/mol. The molecule has 13 heteroatoms. The molecule has 0 fully saturated rings. The van der Waals surface area contributed by atoms with E-state index in [9.17, 15) is 14.8 Å². The summed E-state index contributed by atoms with van der Waals surface area (Å²) in [5, 5.41) is 18.8. The highest BCUT2D eigenvalue weighted by atomic mass is 31.2. The highest BCUT2D eigenvalue weighted by Gasteiger charge is 2.23. The molecule has 2 unspecified atom stereocenters. The van der Waals surface area contributed by atoms with E-state index in [2.05, 4.69) is 15.0 Å². The summed E-state index contributed by atoms with van der Waals surface area (Å²) in [7, 11) is -4.20. The van der Waals surface area contributed by atoms with Crippen molar-refractivity contribution in [3.63, 3.8) is 0 Å². The minimum absolute atomic E-state index is 0. The van der Waals surface area contributed by atoms with Gasteiger partial charge in [-0.25, -0.2) is 15.0 Å². The summed E-state index contributed by atoms with van der Waals surface area (Å²) < 4.78 is 17.8. The third kappa shape index (κ3) is 4.92. The molecule has 0 bridgehead atoms. The molecule has 0 aromatic carbocycles. The van der Waals surface area contributed by atoms with Gasteiger partial charge in [0.1, 0.15) is 11.8 Å². The fourth-order valence-corrected chi connectivity index (χ4v) is 2.64. The number of aromatic nitrogens is 4. The van der Waals surface area contributed by atoms with E-state index in [-0.39, 0.29) is 18.4 Å².